The SMILES string of the molecule is Cc1nn(-c2ccccc2)c(C)c1NC(=O)[C@@H]1CCC(=O)NC1. The quantitative estimate of drug-likeness (QED) is 0.909. The lowest BCUT2D eigenvalue weighted by Crippen LogP contribution is -2.40. The minimum Gasteiger partial charge on any atom is -0.355 e. The van der Waals surface area contributed by atoms with E-state index in [-0.39, 0.29) is 17.7 Å². The molecule has 1 fully saturated rings. The average molecular weight is 312 g/mol. The van der Waals surface area contributed by atoms with E-state index in [2.05, 4.69) is 15.7 Å². The Bertz CT molecular complexity index is 727. The fraction of sp³-hybridized carbons (Fsp3) is 0.353. The fourth-order valence-corrected chi connectivity index (χ4v) is 2.83. The minimum absolute atomic E-state index is 0.0123. The van der Waals surface area contributed by atoms with Crippen LogP contribution in [-0.4, -0.2) is 28.1 Å². The first-order valence-electron chi connectivity index (χ1n) is 7.75. The van der Waals surface area contributed by atoms with Crippen molar-refractivity contribution in [1.82, 2.24) is 15.1 Å². The monoisotopic (exact) mass is 312 g/mol. The molecule has 0 aliphatic carbocycles. The van der Waals surface area contributed by atoms with Gasteiger partial charge in [0.05, 0.1) is 28.7 Å². The number of nitrogens with zero attached hydrogens (tertiary/aromatic N) is 2. The third-order valence-electron chi connectivity index (χ3n) is 4.18. The molecule has 1 aliphatic heterocycles. The highest BCUT2D eigenvalue weighted by Crippen LogP contribution is 2.24. The maximum absolute atomic E-state index is 12.4. The molecule has 1 atom stereocenters. The van der Waals surface area contributed by atoms with Crippen LogP contribution in [0.25, 0.3) is 5.69 Å². The predicted octanol–water partition coefficient (Wildman–Crippen LogP) is 1.95. The standard InChI is InChI=1S/C17H20N4O2/c1-11-16(19-17(23)13-8-9-15(22)18-10-13)12(2)21(20-11)14-6-4-3-5-7-14/h3-7,13H,8-10H2,1-2H3,(H,18,22)(H,19,23)/t13-/m1/s1. The number of nitrogens with one attached hydrogen (secondary N) is 2. The Hall–Kier alpha value is -2.63. The van der Waals surface area contributed by atoms with Gasteiger partial charge in [-0.05, 0) is 32.4 Å². The summed E-state index contributed by atoms with van der Waals surface area (Å²) in [6.45, 7) is 4.21. The summed E-state index contributed by atoms with van der Waals surface area (Å²) in [5.74, 6) is -0.242. The number of hydrogen-bond donors (Lipinski definition) is 2. The number of carbonyl (C=O) groups is 2. The van der Waals surface area contributed by atoms with Crippen LogP contribution in [-0.2, 0) is 9.59 Å². The largest absolute Gasteiger partial charge is 0.355 e. The molecule has 0 radical (unpaired) electrons. The van der Waals surface area contributed by atoms with Crippen molar-refractivity contribution in [2.24, 2.45) is 5.92 Å². The summed E-state index contributed by atoms with van der Waals surface area (Å²) in [6.07, 6.45) is 0.988. The molecule has 2 heterocycles. The van der Waals surface area contributed by atoms with Crippen LogP contribution in [0.15, 0.2) is 30.3 Å². The van der Waals surface area contributed by atoms with Crippen molar-refractivity contribution < 1.29 is 9.59 Å². The number of amides is 2. The first kappa shape index (κ1) is 15.3. The van der Waals surface area contributed by atoms with Crippen LogP contribution in [0, 0.1) is 19.8 Å². The second-order valence-electron chi connectivity index (χ2n) is 5.82. The van der Waals surface area contributed by atoms with Crippen LogP contribution in [0.5, 0.6) is 0 Å². The summed E-state index contributed by atoms with van der Waals surface area (Å²) >= 11 is 0. The van der Waals surface area contributed by atoms with Gasteiger partial charge in [-0.25, -0.2) is 4.68 Å². The zero-order valence-corrected chi connectivity index (χ0v) is 13.3. The smallest absolute Gasteiger partial charge is 0.229 e. The third-order valence-corrected chi connectivity index (χ3v) is 4.18. The van der Waals surface area contributed by atoms with Crippen LogP contribution in [0.1, 0.15) is 24.2 Å². The lowest BCUT2D eigenvalue weighted by atomic mass is 9.98. The lowest BCUT2D eigenvalue weighted by molar-refractivity contribution is -0.126. The molecule has 23 heavy (non-hydrogen) atoms. The van der Waals surface area contributed by atoms with E-state index in [1.165, 1.54) is 0 Å². The Kier molecular flexibility index (Phi) is 4.14. The molecule has 1 aliphatic rings. The van der Waals surface area contributed by atoms with Gasteiger partial charge < -0.3 is 10.6 Å². The van der Waals surface area contributed by atoms with E-state index in [1.54, 1.807) is 0 Å². The van der Waals surface area contributed by atoms with Gasteiger partial charge in [0.1, 0.15) is 0 Å². The van der Waals surface area contributed by atoms with E-state index in [0.29, 0.717) is 19.4 Å². The summed E-state index contributed by atoms with van der Waals surface area (Å²) in [6, 6.07) is 9.81. The Labute approximate surface area is 134 Å². The Balaban J connectivity index is 1.80. The van der Waals surface area contributed by atoms with Crippen molar-refractivity contribution in [2.45, 2.75) is 26.7 Å². The van der Waals surface area contributed by atoms with Crippen LogP contribution in [0.3, 0.4) is 0 Å². The van der Waals surface area contributed by atoms with Gasteiger partial charge >= 0.3 is 0 Å². The molecule has 2 amide bonds. The van der Waals surface area contributed by atoms with E-state index >= 15 is 0 Å². The number of para-hydroxylation sites is 1. The number of aryl methyl sites for hydroxylation is 1. The number of hydrogen-bond acceptors (Lipinski definition) is 3. The van der Waals surface area contributed by atoms with Gasteiger partial charge in [-0.2, -0.15) is 5.10 Å². The number of carbonyl (C=O) groups excluding carboxylic acids is 2. The summed E-state index contributed by atoms with van der Waals surface area (Å²) < 4.78 is 1.83. The molecule has 6 heteroatoms. The van der Waals surface area contributed by atoms with Gasteiger partial charge in [0.25, 0.3) is 0 Å². The van der Waals surface area contributed by atoms with Crippen molar-refractivity contribution in [3.63, 3.8) is 0 Å². The molecule has 3 rings (SSSR count). The topological polar surface area (TPSA) is 76.0 Å². The number of aromatic nitrogens is 2. The molecule has 0 bridgehead atoms. The highest BCUT2D eigenvalue weighted by atomic mass is 16.2. The molecule has 2 N–H and O–H groups in total. The maximum Gasteiger partial charge on any atom is 0.229 e. The highest BCUT2D eigenvalue weighted by Gasteiger charge is 2.26. The number of piperidine rings is 1. The zero-order valence-electron chi connectivity index (χ0n) is 13.3. The second kappa shape index (κ2) is 6.24. The van der Waals surface area contributed by atoms with Crippen molar-refractivity contribution >= 4 is 17.5 Å². The van der Waals surface area contributed by atoms with E-state index in [9.17, 15) is 9.59 Å². The van der Waals surface area contributed by atoms with Crippen LogP contribution in [0.2, 0.25) is 0 Å². The van der Waals surface area contributed by atoms with Crippen molar-refractivity contribution in [3.8, 4) is 5.69 Å². The molecule has 0 unspecified atom stereocenters. The zero-order chi connectivity index (χ0) is 16.4. The van der Waals surface area contributed by atoms with Gasteiger partial charge in [-0.1, -0.05) is 18.2 Å². The Morgan fingerprint density at radius 3 is 2.70 bits per heavy atom. The van der Waals surface area contributed by atoms with Gasteiger partial charge in [-0.15, -0.1) is 0 Å². The normalized spacial score (nSPS) is 17.7. The number of benzene rings is 1. The van der Waals surface area contributed by atoms with Crippen LogP contribution in [0.4, 0.5) is 5.69 Å². The minimum atomic E-state index is -0.188. The van der Waals surface area contributed by atoms with Gasteiger partial charge in [0.2, 0.25) is 11.8 Å². The number of rotatable bonds is 3. The van der Waals surface area contributed by atoms with E-state index in [1.807, 2.05) is 48.9 Å². The van der Waals surface area contributed by atoms with Crippen molar-refractivity contribution in [3.05, 3.63) is 41.7 Å². The van der Waals surface area contributed by atoms with E-state index in [0.717, 1.165) is 22.8 Å². The van der Waals surface area contributed by atoms with E-state index in [4.69, 9.17) is 0 Å². The van der Waals surface area contributed by atoms with Crippen LogP contribution >= 0.6 is 0 Å². The molecule has 1 aromatic carbocycles. The molecule has 0 spiro atoms. The van der Waals surface area contributed by atoms with Crippen molar-refractivity contribution in [1.29, 1.82) is 0 Å². The summed E-state index contributed by atoms with van der Waals surface area (Å²) in [5.41, 5.74) is 3.37. The molecular formula is C17H20N4O2. The van der Waals surface area contributed by atoms with E-state index < -0.39 is 0 Å². The second-order valence-corrected chi connectivity index (χ2v) is 5.82. The average Bonchev–Trinajstić information content (AvgIpc) is 2.84. The highest BCUT2D eigenvalue weighted by molar-refractivity contribution is 5.95. The molecule has 1 aromatic heterocycles. The first-order valence-corrected chi connectivity index (χ1v) is 7.75. The molecular weight excluding hydrogens is 292 g/mol. The van der Waals surface area contributed by atoms with Crippen LogP contribution < -0.4 is 10.6 Å². The lowest BCUT2D eigenvalue weighted by Gasteiger charge is -2.21. The molecule has 1 saturated heterocycles. The molecule has 6 nitrogen and oxygen atoms in total. The number of anilines is 1. The Morgan fingerprint density at radius 2 is 2.04 bits per heavy atom. The summed E-state index contributed by atoms with van der Waals surface area (Å²) in [7, 11) is 0. The molecule has 120 valence electrons. The third kappa shape index (κ3) is 3.11. The molecule has 2 aromatic rings. The predicted molar refractivity (Wildman–Crippen MR) is 87.4 cm³/mol. The van der Waals surface area contributed by atoms with Crippen molar-refractivity contribution in [2.75, 3.05) is 11.9 Å². The van der Waals surface area contributed by atoms with Gasteiger partial charge in [0, 0.05) is 13.0 Å². The first-order chi connectivity index (χ1) is 11.1. The van der Waals surface area contributed by atoms with Gasteiger partial charge in [-0.3, -0.25) is 9.59 Å². The fourth-order valence-electron chi connectivity index (χ4n) is 2.83. The molecule has 0 saturated carbocycles. The summed E-state index contributed by atoms with van der Waals surface area (Å²) in [5, 5.41) is 10.2. The van der Waals surface area contributed by atoms with Gasteiger partial charge in [0.15, 0.2) is 0 Å². The summed E-state index contributed by atoms with van der Waals surface area (Å²) in [4.78, 5) is 23.6. The maximum atomic E-state index is 12.4. The Morgan fingerprint density at radius 1 is 1.30 bits per heavy atom.